The summed E-state index contributed by atoms with van der Waals surface area (Å²) in [6.07, 6.45) is 25.4. The summed E-state index contributed by atoms with van der Waals surface area (Å²) >= 11 is 0. The first-order valence-electron chi connectivity index (χ1n) is 14.3. The summed E-state index contributed by atoms with van der Waals surface area (Å²) in [6, 6.07) is 8.87. The topological polar surface area (TPSA) is 35.0 Å². The lowest BCUT2D eigenvalue weighted by Gasteiger charge is -2.28. The first kappa shape index (κ1) is 26.7. The number of rotatable bonds is 16. The molecule has 0 atom stereocenters. The van der Waals surface area contributed by atoms with Crippen LogP contribution in [0.4, 0.5) is 0 Å². The normalized spacial score (nSPS) is 18.2. The molecule has 1 saturated carbocycles. The van der Waals surface area contributed by atoms with Gasteiger partial charge in [0.15, 0.2) is 11.6 Å². The van der Waals surface area contributed by atoms with Crippen molar-refractivity contribution in [3.8, 4) is 17.1 Å². The van der Waals surface area contributed by atoms with Crippen molar-refractivity contribution in [3.05, 3.63) is 42.2 Å². The highest BCUT2D eigenvalue weighted by molar-refractivity contribution is 5.55. The van der Waals surface area contributed by atoms with Gasteiger partial charge < -0.3 is 4.74 Å². The number of benzene rings is 1. The quantitative estimate of drug-likeness (QED) is 0.232. The van der Waals surface area contributed by atoms with Crippen LogP contribution in [-0.4, -0.2) is 16.6 Å². The third-order valence-corrected chi connectivity index (χ3v) is 7.63. The molecule has 0 bridgehead atoms. The van der Waals surface area contributed by atoms with Crippen molar-refractivity contribution in [2.24, 2.45) is 11.8 Å². The number of hydrogen-bond donors (Lipinski definition) is 0. The van der Waals surface area contributed by atoms with Crippen LogP contribution in [0.3, 0.4) is 0 Å². The zero-order chi connectivity index (χ0) is 23.8. The molecule has 3 nitrogen and oxygen atoms in total. The molecule has 1 aliphatic carbocycles. The molecule has 1 aliphatic rings. The zero-order valence-electron chi connectivity index (χ0n) is 21.9. The number of aryl methyl sites for hydroxylation is 1. The number of hydrogen-bond acceptors (Lipinski definition) is 3. The Kier molecular flexibility index (Phi) is 12.5. The van der Waals surface area contributed by atoms with Gasteiger partial charge in [-0.2, -0.15) is 0 Å². The number of unbranched alkanes of at least 4 members (excludes halogenated alkanes) is 7. The minimum absolute atomic E-state index is 0.748. The van der Waals surface area contributed by atoms with Gasteiger partial charge in [0.25, 0.3) is 0 Å². The molecule has 0 saturated heterocycles. The van der Waals surface area contributed by atoms with E-state index in [0.29, 0.717) is 0 Å². The monoisotopic (exact) mass is 464 g/mol. The van der Waals surface area contributed by atoms with Crippen LogP contribution in [0.1, 0.15) is 116 Å². The third-order valence-electron chi connectivity index (χ3n) is 7.63. The van der Waals surface area contributed by atoms with E-state index in [1.54, 1.807) is 12.4 Å². The lowest BCUT2D eigenvalue weighted by molar-refractivity contribution is 0.248. The van der Waals surface area contributed by atoms with Crippen LogP contribution in [0.2, 0.25) is 0 Å². The number of aromatic nitrogens is 2. The second-order valence-corrected chi connectivity index (χ2v) is 10.5. The molecular weight excluding hydrogens is 416 g/mol. The summed E-state index contributed by atoms with van der Waals surface area (Å²) in [5, 5.41) is 0. The average Bonchev–Trinajstić information content (AvgIpc) is 2.89. The minimum atomic E-state index is 0.748. The molecule has 0 amide bonds. The second-order valence-electron chi connectivity index (χ2n) is 10.5. The number of nitrogens with zero attached hydrogens (tertiary/aromatic N) is 2. The predicted octanol–water partition coefficient (Wildman–Crippen LogP) is 9.20. The van der Waals surface area contributed by atoms with Crippen molar-refractivity contribution in [1.82, 2.24) is 9.97 Å². The van der Waals surface area contributed by atoms with Crippen molar-refractivity contribution in [3.63, 3.8) is 0 Å². The second kappa shape index (κ2) is 15.9. The summed E-state index contributed by atoms with van der Waals surface area (Å²) in [6.45, 7) is 5.27. The van der Waals surface area contributed by atoms with Gasteiger partial charge in [-0.15, -0.1) is 0 Å². The average molecular weight is 465 g/mol. The van der Waals surface area contributed by atoms with E-state index in [1.807, 2.05) is 0 Å². The van der Waals surface area contributed by atoms with E-state index in [2.05, 4.69) is 48.1 Å². The van der Waals surface area contributed by atoms with Crippen molar-refractivity contribution >= 4 is 0 Å². The maximum Gasteiger partial charge on any atom is 0.159 e. The van der Waals surface area contributed by atoms with Gasteiger partial charge in [-0.3, -0.25) is 0 Å². The minimum Gasteiger partial charge on any atom is -0.490 e. The molecule has 0 spiro atoms. The van der Waals surface area contributed by atoms with Gasteiger partial charge in [-0.1, -0.05) is 122 Å². The molecule has 3 rings (SSSR count). The Bertz CT molecular complexity index is 763. The molecule has 188 valence electrons. The smallest absolute Gasteiger partial charge is 0.159 e. The Balaban J connectivity index is 1.33. The summed E-state index contributed by atoms with van der Waals surface area (Å²) in [5.74, 6) is 3.48. The van der Waals surface area contributed by atoms with Crippen LogP contribution in [0.5, 0.6) is 5.75 Å². The van der Waals surface area contributed by atoms with Crippen LogP contribution < -0.4 is 4.74 Å². The zero-order valence-corrected chi connectivity index (χ0v) is 21.9. The van der Waals surface area contributed by atoms with E-state index < -0.39 is 0 Å². The molecule has 1 aromatic carbocycles. The standard InChI is InChI=1S/C31H48N2O/c1-3-5-7-9-10-12-26-13-15-27(16-14-26)17-18-28-19-21-29(22-20-28)31-32-24-30(25-33-31)34-23-11-8-6-4-2/h19-22,24-27H,3-18,23H2,1-2H3/t26-,27-. The van der Waals surface area contributed by atoms with Gasteiger partial charge in [0.1, 0.15) is 0 Å². The van der Waals surface area contributed by atoms with Gasteiger partial charge >= 0.3 is 0 Å². The Hall–Kier alpha value is -1.90. The highest BCUT2D eigenvalue weighted by Crippen LogP contribution is 2.34. The Morgan fingerprint density at radius 3 is 1.94 bits per heavy atom. The van der Waals surface area contributed by atoms with E-state index in [4.69, 9.17) is 4.74 Å². The van der Waals surface area contributed by atoms with Crippen LogP contribution in [0.15, 0.2) is 36.7 Å². The van der Waals surface area contributed by atoms with Gasteiger partial charge in [0.05, 0.1) is 19.0 Å². The molecule has 0 radical (unpaired) electrons. The highest BCUT2D eigenvalue weighted by Gasteiger charge is 2.20. The summed E-state index contributed by atoms with van der Waals surface area (Å²) in [4.78, 5) is 9.04. The maximum atomic E-state index is 5.77. The largest absolute Gasteiger partial charge is 0.490 e. The molecular formula is C31H48N2O. The summed E-state index contributed by atoms with van der Waals surface area (Å²) in [5.41, 5.74) is 2.52. The van der Waals surface area contributed by atoms with E-state index >= 15 is 0 Å². The molecule has 2 aromatic rings. The van der Waals surface area contributed by atoms with E-state index in [-0.39, 0.29) is 0 Å². The van der Waals surface area contributed by atoms with E-state index in [1.165, 1.54) is 102 Å². The van der Waals surface area contributed by atoms with Crippen LogP contribution in [-0.2, 0) is 6.42 Å². The first-order chi connectivity index (χ1) is 16.8. The molecule has 0 N–H and O–H groups in total. The summed E-state index contributed by atoms with van der Waals surface area (Å²) in [7, 11) is 0. The Labute approximate surface area is 209 Å². The molecule has 1 heterocycles. The third kappa shape index (κ3) is 9.76. The van der Waals surface area contributed by atoms with Crippen molar-refractivity contribution < 1.29 is 4.74 Å². The SMILES string of the molecule is CCCCCCC[C@H]1CC[C@H](CCc2ccc(-c3ncc(OCCCCCC)cn3)cc2)CC1. The maximum absolute atomic E-state index is 5.77. The number of ether oxygens (including phenoxy) is 1. The molecule has 3 heteroatoms. The fraction of sp³-hybridized carbons (Fsp3) is 0.677. The Morgan fingerprint density at radius 2 is 1.29 bits per heavy atom. The van der Waals surface area contributed by atoms with Crippen molar-refractivity contribution in [1.29, 1.82) is 0 Å². The van der Waals surface area contributed by atoms with Gasteiger partial charge in [0, 0.05) is 5.56 Å². The lowest BCUT2D eigenvalue weighted by atomic mass is 9.77. The van der Waals surface area contributed by atoms with Gasteiger partial charge in [-0.25, -0.2) is 9.97 Å². The molecule has 1 aromatic heterocycles. The fourth-order valence-corrected chi connectivity index (χ4v) is 5.30. The van der Waals surface area contributed by atoms with E-state index in [9.17, 15) is 0 Å². The Morgan fingerprint density at radius 1 is 0.706 bits per heavy atom. The first-order valence-corrected chi connectivity index (χ1v) is 14.3. The van der Waals surface area contributed by atoms with E-state index in [0.717, 1.165) is 42.0 Å². The predicted molar refractivity (Wildman–Crippen MR) is 144 cm³/mol. The lowest BCUT2D eigenvalue weighted by Crippen LogP contribution is -2.15. The van der Waals surface area contributed by atoms with Crippen molar-refractivity contribution in [2.75, 3.05) is 6.61 Å². The molecule has 1 fully saturated rings. The molecule has 0 aliphatic heterocycles. The molecule has 34 heavy (non-hydrogen) atoms. The highest BCUT2D eigenvalue weighted by atomic mass is 16.5. The van der Waals surface area contributed by atoms with Gasteiger partial charge in [0.2, 0.25) is 0 Å². The van der Waals surface area contributed by atoms with Crippen LogP contribution >= 0.6 is 0 Å². The van der Waals surface area contributed by atoms with Gasteiger partial charge in [-0.05, 0) is 36.7 Å². The summed E-state index contributed by atoms with van der Waals surface area (Å²) < 4.78 is 5.77. The fourth-order valence-electron chi connectivity index (χ4n) is 5.30. The van der Waals surface area contributed by atoms with Crippen LogP contribution in [0, 0.1) is 11.8 Å². The van der Waals surface area contributed by atoms with Crippen molar-refractivity contribution in [2.45, 2.75) is 117 Å². The molecule has 0 unspecified atom stereocenters. The van der Waals surface area contributed by atoms with Crippen LogP contribution in [0.25, 0.3) is 11.4 Å².